The SMILES string of the molecule is CCC(CC)(NC(=O)c1ccc(C2CC2)c(OCC2CC2)n1)C(=O)O. The molecule has 2 N–H and O–H groups in total. The van der Waals surface area contributed by atoms with Gasteiger partial charge in [0.05, 0.1) is 6.61 Å². The molecule has 1 heterocycles. The summed E-state index contributed by atoms with van der Waals surface area (Å²) in [5.74, 6) is 0.126. The minimum Gasteiger partial charge on any atom is -0.480 e. The van der Waals surface area contributed by atoms with Crippen molar-refractivity contribution in [2.24, 2.45) is 5.92 Å². The zero-order chi connectivity index (χ0) is 18.0. The third-order valence-electron chi connectivity index (χ3n) is 5.26. The number of carbonyl (C=O) groups is 2. The van der Waals surface area contributed by atoms with Gasteiger partial charge in [-0.25, -0.2) is 9.78 Å². The highest BCUT2D eigenvalue weighted by Gasteiger charge is 2.37. The van der Waals surface area contributed by atoms with E-state index in [-0.39, 0.29) is 5.69 Å². The van der Waals surface area contributed by atoms with Crippen molar-refractivity contribution in [2.75, 3.05) is 6.61 Å². The first-order valence-corrected chi connectivity index (χ1v) is 9.18. The van der Waals surface area contributed by atoms with Gasteiger partial charge in [0.15, 0.2) is 0 Å². The Labute approximate surface area is 148 Å². The van der Waals surface area contributed by atoms with Crippen LogP contribution in [0.25, 0.3) is 0 Å². The van der Waals surface area contributed by atoms with Crippen LogP contribution in [-0.4, -0.2) is 34.1 Å². The van der Waals surface area contributed by atoms with Crippen LogP contribution in [-0.2, 0) is 4.79 Å². The topological polar surface area (TPSA) is 88.5 Å². The summed E-state index contributed by atoms with van der Waals surface area (Å²) in [5, 5.41) is 12.1. The number of amides is 1. The van der Waals surface area contributed by atoms with E-state index in [9.17, 15) is 14.7 Å². The van der Waals surface area contributed by atoms with Gasteiger partial charge in [0.25, 0.3) is 5.91 Å². The summed E-state index contributed by atoms with van der Waals surface area (Å²) in [5.41, 5.74) is 0.0126. The lowest BCUT2D eigenvalue weighted by Gasteiger charge is -2.27. The van der Waals surface area contributed by atoms with Gasteiger partial charge in [-0.3, -0.25) is 4.79 Å². The molecular weight excluding hydrogens is 320 g/mol. The fraction of sp³-hybridized carbons (Fsp3) is 0.632. The third-order valence-corrected chi connectivity index (χ3v) is 5.26. The van der Waals surface area contributed by atoms with Gasteiger partial charge in [-0.15, -0.1) is 0 Å². The number of rotatable bonds is 9. The monoisotopic (exact) mass is 346 g/mol. The number of carboxylic acid groups (broad SMARTS) is 1. The largest absolute Gasteiger partial charge is 0.480 e. The lowest BCUT2D eigenvalue weighted by molar-refractivity contribution is -0.144. The highest BCUT2D eigenvalue weighted by atomic mass is 16.5. The molecule has 136 valence electrons. The molecule has 25 heavy (non-hydrogen) atoms. The molecule has 0 bridgehead atoms. The summed E-state index contributed by atoms with van der Waals surface area (Å²) in [7, 11) is 0. The molecule has 0 aliphatic heterocycles. The first-order chi connectivity index (χ1) is 12.0. The first kappa shape index (κ1) is 17.7. The molecule has 0 aromatic carbocycles. The third kappa shape index (κ3) is 3.94. The van der Waals surface area contributed by atoms with E-state index >= 15 is 0 Å². The number of carboxylic acids is 1. The molecule has 1 aromatic heterocycles. The number of aliphatic carboxylic acids is 1. The summed E-state index contributed by atoms with van der Waals surface area (Å²) >= 11 is 0. The number of hydrogen-bond acceptors (Lipinski definition) is 4. The van der Waals surface area contributed by atoms with Crippen LogP contribution in [0.15, 0.2) is 12.1 Å². The Kier molecular flexibility index (Phi) is 4.97. The number of aromatic nitrogens is 1. The van der Waals surface area contributed by atoms with Gasteiger partial charge >= 0.3 is 5.97 Å². The average molecular weight is 346 g/mol. The van der Waals surface area contributed by atoms with Crippen LogP contribution in [0.1, 0.15) is 74.3 Å². The Bertz CT molecular complexity index is 661. The van der Waals surface area contributed by atoms with E-state index in [1.807, 2.05) is 6.07 Å². The molecule has 0 spiro atoms. The van der Waals surface area contributed by atoms with Gasteiger partial charge in [0.1, 0.15) is 11.2 Å². The summed E-state index contributed by atoms with van der Waals surface area (Å²) in [6.07, 6.45) is 5.26. The van der Waals surface area contributed by atoms with E-state index < -0.39 is 17.4 Å². The van der Waals surface area contributed by atoms with Crippen molar-refractivity contribution in [1.82, 2.24) is 10.3 Å². The fourth-order valence-electron chi connectivity index (χ4n) is 2.94. The highest BCUT2D eigenvalue weighted by molar-refractivity contribution is 5.96. The van der Waals surface area contributed by atoms with E-state index in [0.717, 1.165) is 18.4 Å². The number of pyridine rings is 1. The van der Waals surface area contributed by atoms with Gasteiger partial charge in [-0.2, -0.15) is 0 Å². The molecule has 6 nitrogen and oxygen atoms in total. The standard InChI is InChI=1S/C19H26N2O4/c1-3-19(4-2,18(23)24)21-16(22)15-10-9-14(13-7-8-13)17(20-15)25-11-12-5-6-12/h9-10,12-13H,3-8,11H2,1-2H3,(H,21,22)(H,23,24). The summed E-state index contributed by atoms with van der Waals surface area (Å²) < 4.78 is 5.88. The summed E-state index contributed by atoms with van der Waals surface area (Å²) in [6.45, 7) is 4.15. The van der Waals surface area contributed by atoms with Crippen molar-refractivity contribution in [3.05, 3.63) is 23.4 Å². The maximum absolute atomic E-state index is 12.6. The Balaban J connectivity index is 1.79. The molecule has 6 heteroatoms. The van der Waals surface area contributed by atoms with Crippen LogP contribution in [0.2, 0.25) is 0 Å². The zero-order valence-electron chi connectivity index (χ0n) is 14.9. The predicted molar refractivity (Wildman–Crippen MR) is 92.8 cm³/mol. The second-order valence-corrected chi connectivity index (χ2v) is 7.17. The Morgan fingerprint density at radius 1 is 1.24 bits per heavy atom. The van der Waals surface area contributed by atoms with E-state index in [1.54, 1.807) is 19.9 Å². The minimum absolute atomic E-state index is 0.211. The maximum Gasteiger partial charge on any atom is 0.329 e. The average Bonchev–Trinajstić information content (AvgIpc) is 3.50. The normalized spacial score (nSPS) is 17.2. The van der Waals surface area contributed by atoms with Crippen molar-refractivity contribution >= 4 is 11.9 Å². The lowest BCUT2D eigenvalue weighted by Crippen LogP contribution is -2.53. The maximum atomic E-state index is 12.6. The molecule has 2 aliphatic rings. The van der Waals surface area contributed by atoms with Crippen molar-refractivity contribution in [2.45, 2.75) is 63.8 Å². The molecule has 0 atom stereocenters. The molecule has 3 rings (SSSR count). The predicted octanol–water partition coefficient (Wildman–Crippen LogP) is 3.12. The Hall–Kier alpha value is -2.11. The molecule has 0 saturated heterocycles. The van der Waals surface area contributed by atoms with Crippen LogP contribution >= 0.6 is 0 Å². The van der Waals surface area contributed by atoms with Gasteiger partial charge in [0.2, 0.25) is 5.88 Å². The number of ether oxygens (including phenoxy) is 1. The number of carbonyl (C=O) groups excluding carboxylic acids is 1. The molecule has 2 aliphatic carbocycles. The quantitative estimate of drug-likeness (QED) is 0.717. The van der Waals surface area contributed by atoms with Crippen LogP contribution in [0, 0.1) is 5.92 Å². The minimum atomic E-state index is -1.26. The van der Waals surface area contributed by atoms with Crippen LogP contribution < -0.4 is 10.1 Å². The van der Waals surface area contributed by atoms with Crippen molar-refractivity contribution < 1.29 is 19.4 Å². The van der Waals surface area contributed by atoms with Gasteiger partial charge in [-0.05, 0) is 56.4 Å². The summed E-state index contributed by atoms with van der Waals surface area (Å²) in [6, 6.07) is 3.58. The van der Waals surface area contributed by atoms with Crippen LogP contribution in [0.5, 0.6) is 5.88 Å². The number of hydrogen-bond donors (Lipinski definition) is 2. The zero-order valence-corrected chi connectivity index (χ0v) is 14.9. The summed E-state index contributed by atoms with van der Waals surface area (Å²) in [4.78, 5) is 28.6. The van der Waals surface area contributed by atoms with E-state index in [4.69, 9.17) is 4.74 Å². The van der Waals surface area contributed by atoms with Crippen LogP contribution in [0.4, 0.5) is 0 Å². The van der Waals surface area contributed by atoms with Crippen molar-refractivity contribution in [3.63, 3.8) is 0 Å². The smallest absolute Gasteiger partial charge is 0.329 e. The fourth-order valence-corrected chi connectivity index (χ4v) is 2.94. The van der Waals surface area contributed by atoms with Gasteiger partial charge in [0, 0.05) is 5.56 Å². The Morgan fingerprint density at radius 2 is 1.92 bits per heavy atom. The van der Waals surface area contributed by atoms with Gasteiger partial charge < -0.3 is 15.2 Å². The second-order valence-electron chi connectivity index (χ2n) is 7.17. The molecule has 0 unspecified atom stereocenters. The molecule has 0 radical (unpaired) electrons. The van der Waals surface area contributed by atoms with E-state index in [0.29, 0.717) is 37.2 Å². The van der Waals surface area contributed by atoms with Gasteiger partial charge in [-0.1, -0.05) is 19.9 Å². The van der Waals surface area contributed by atoms with Crippen molar-refractivity contribution in [1.29, 1.82) is 0 Å². The Morgan fingerprint density at radius 3 is 2.44 bits per heavy atom. The first-order valence-electron chi connectivity index (χ1n) is 9.18. The second kappa shape index (κ2) is 7.02. The van der Waals surface area contributed by atoms with E-state index in [1.165, 1.54) is 12.8 Å². The van der Waals surface area contributed by atoms with Crippen molar-refractivity contribution in [3.8, 4) is 5.88 Å². The number of nitrogens with zero attached hydrogens (tertiary/aromatic N) is 1. The highest BCUT2D eigenvalue weighted by Crippen LogP contribution is 2.44. The molecule has 1 aromatic rings. The molecule has 2 saturated carbocycles. The molecular formula is C19H26N2O4. The lowest BCUT2D eigenvalue weighted by atomic mass is 9.92. The molecule has 2 fully saturated rings. The molecule has 1 amide bonds. The van der Waals surface area contributed by atoms with E-state index in [2.05, 4.69) is 10.3 Å². The number of nitrogens with one attached hydrogen (secondary N) is 1. The van der Waals surface area contributed by atoms with Crippen LogP contribution in [0.3, 0.4) is 0 Å².